The summed E-state index contributed by atoms with van der Waals surface area (Å²) in [6.45, 7) is 3.35. The van der Waals surface area contributed by atoms with E-state index in [9.17, 15) is 9.59 Å². The minimum Gasteiger partial charge on any atom is -0.478 e. The summed E-state index contributed by atoms with van der Waals surface area (Å²) in [6, 6.07) is 7.00. The molecular weight excluding hydrogens is 356 g/mol. The number of piperidine rings is 1. The Morgan fingerprint density at radius 3 is 2.75 bits per heavy atom. The molecule has 1 aromatic carbocycles. The Morgan fingerprint density at radius 2 is 2.00 bits per heavy atom. The van der Waals surface area contributed by atoms with Gasteiger partial charge in [0.15, 0.2) is 5.65 Å². The summed E-state index contributed by atoms with van der Waals surface area (Å²) in [5.74, 6) is -0.596. The first-order chi connectivity index (χ1) is 13.5. The zero-order chi connectivity index (χ0) is 19.7. The molecule has 1 N–H and O–H groups in total. The van der Waals surface area contributed by atoms with Crippen molar-refractivity contribution >= 4 is 17.5 Å². The first kappa shape index (κ1) is 18.2. The predicted octanol–water partition coefficient (Wildman–Crippen LogP) is 2.83. The SMILES string of the molecule is Cc1cnc2c(C(=O)N3CCC[C@@H](Cc4ccc(C(=O)O)cc4)C3)cnn2c1. The van der Waals surface area contributed by atoms with Gasteiger partial charge in [-0.25, -0.2) is 14.3 Å². The number of likely N-dealkylation sites (tertiary alicyclic amines) is 1. The van der Waals surface area contributed by atoms with E-state index in [1.54, 1.807) is 29.0 Å². The van der Waals surface area contributed by atoms with E-state index in [1.807, 2.05) is 30.2 Å². The molecule has 0 bridgehead atoms. The molecule has 7 nitrogen and oxygen atoms in total. The Bertz CT molecular complexity index is 1030. The van der Waals surface area contributed by atoms with Crippen LogP contribution in [0.1, 0.15) is 44.7 Å². The van der Waals surface area contributed by atoms with Crippen LogP contribution in [0, 0.1) is 12.8 Å². The van der Waals surface area contributed by atoms with Crippen LogP contribution in [0.4, 0.5) is 0 Å². The number of nitrogens with zero attached hydrogens (tertiary/aromatic N) is 4. The maximum absolute atomic E-state index is 13.0. The molecule has 0 saturated carbocycles. The quantitative estimate of drug-likeness (QED) is 0.754. The van der Waals surface area contributed by atoms with E-state index in [-0.39, 0.29) is 5.91 Å². The largest absolute Gasteiger partial charge is 0.478 e. The summed E-state index contributed by atoms with van der Waals surface area (Å²) in [4.78, 5) is 30.3. The van der Waals surface area contributed by atoms with Gasteiger partial charge in [0.2, 0.25) is 0 Å². The van der Waals surface area contributed by atoms with Gasteiger partial charge >= 0.3 is 5.97 Å². The number of rotatable bonds is 4. The van der Waals surface area contributed by atoms with Crippen molar-refractivity contribution in [2.75, 3.05) is 13.1 Å². The molecule has 0 radical (unpaired) electrons. The van der Waals surface area contributed by atoms with Crippen LogP contribution in [-0.4, -0.2) is 49.6 Å². The highest BCUT2D eigenvalue weighted by molar-refractivity contribution is 5.99. The standard InChI is InChI=1S/C21H22N4O3/c1-14-10-22-19-18(11-23-25(19)12-14)20(26)24-8-2-3-16(13-24)9-15-4-6-17(7-5-15)21(27)28/h4-7,10-12,16H,2-3,8-9,13H2,1H3,(H,27,28)/t16-/m0/s1. The van der Waals surface area contributed by atoms with Gasteiger partial charge in [0.1, 0.15) is 5.56 Å². The van der Waals surface area contributed by atoms with Gasteiger partial charge in [0.05, 0.1) is 11.8 Å². The molecule has 28 heavy (non-hydrogen) atoms. The summed E-state index contributed by atoms with van der Waals surface area (Å²) < 4.78 is 1.65. The molecule has 0 aliphatic carbocycles. The van der Waals surface area contributed by atoms with Crippen LogP contribution in [-0.2, 0) is 6.42 Å². The van der Waals surface area contributed by atoms with Gasteiger partial charge in [0, 0.05) is 25.5 Å². The van der Waals surface area contributed by atoms with Crippen LogP contribution < -0.4 is 0 Å². The highest BCUT2D eigenvalue weighted by atomic mass is 16.4. The lowest BCUT2D eigenvalue weighted by Crippen LogP contribution is -2.40. The van der Waals surface area contributed by atoms with Crippen molar-refractivity contribution in [1.29, 1.82) is 0 Å². The number of aromatic nitrogens is 3. The summed E-state index contributed by atoms with van der Waals surface area (Å²) in [6.07, 6.45) is 8.03. The Hall–Kier alpha value is -3.22. The van der Waals surface area contributed by atoms with Crippen LogP contribution in [0.2, 0.25) is 0 Å². The van der Waals surface area contributed by atoms with Crippen LogP contribution in [0.5, 0.6) is 0 Å². The molecule has 1 aliphatic rings. The fourth-order valence-corrected chi connectivity index (χ4v) is 3.82. The number of fused-ring (bicyclic) bond motifs is 1. The second-order valence-corrected chi connectivity index (χ2v) is 7.42. The van der Waals surface area contributed by atoms with Crippen LogP contribution >= 0.6 is 0 Å². The molecule has 1 amide bonds. The smallest absolute Gasteiger partial charge is 0.335 e. The second kappa shape index (κ2) is 7.42. The first-order valence-corrected chi connectivity index (χ1v) is 9.43. The summed E-state index contributed by atoms with van der Waals surface area (Å²) in [5.41, 5.74) is 3.49. The number of benzene rings is 1. The summed E-state index contributed by atoms with van der Waals surface area (Å²) >= 11 is 0. The van der Waals surface area contributed by atoms with E-state index in [4.69, 9.17) is 5.11 Å². The van der Waals surface area contributed by atoms with Crippen LogP contribution in [0.3, 0.4) is 0 Å². The van der Waals surface area contributed by atoms with Gasteiger partial charge < -0.3 is 10.0 Å². The molecular formula is C21H22N4O3. The third-order valence-corrected chi connectivity index (χ3v) is 5.25. The molecule has 1 aliphatic heterocycles. The number of aryl methyl sites for hydroxylation is 1. The van der Waals surface area contributed by atoms with Crippen molar-refractivity contribution in [3.8, 4) is 0 Å². The van der Waals surface area contributed by atoms with Crippen molar-refractivity contribution in [2.24, 2.45) is 5.92 Å². The number of amides is 1. The lowest BCUT2D eigenvalue weighted by atomic mass is 9.90. The topological polar surface area (TPSA) is 87.8 Å². The van der Waals surface area contributed by atoms with E-state index < -0.39 is 5.97 Å². The normalized spacial score (nSPS) is 17.0. The molecule has 0 unspecified atom stereocenters. The van der Waals surface area contributed by atoms with Gasteiger partial charge in [-0.1, -0.05) is 12.1 Å². The molecule has 3 heterocycles. The number of hydrogen-bond donors (Lipinski definition) is 1. The molecule has 7 heteroatoms. The zero-order valence-corrected chi connectivity index (χ0v) is 15.7. The van der Waals surface area contributed by atoms with Crippen LogP contribution in [0.15, 0.2) is 42.9 Å². The fourth-order valence-electron chi connectivity index (χ4n) is 3.82. The molecule has 144 valence electrons. The molecule has 3 aromatic rings. The fraction of sp³-hybridized carbons (Fsp3) is 0.333. The van der Waals surface area contributed by atoms with E-state index in [0.29, 0.717) is 29.2 Å². The third kappa shape index (κ3) is 3.60. The van der Waals surface area contributed by atoms with Gasteiger partial charge in [-0.2, -0.15) is 5.10 Å². The maximum Gasteiger partial charge on any atom is 0.335 e. The van der Waals surface area contributed by atoms with Crippen molar-refractivity contribution in [2.45, 2.75) is 26.2 Å². The van der Waals surface area contributed by atoms with Gasteiger partial charge in [-0.15, -0.1) is 0 Å². The lowest BCUT2D eigenvalue weighted by Gasteiger charge is -2.32. The molecule has 0 spiro atoms. The van der Waals surface area contributed by atoms with Crippen LogP contribution in [0.25, 0.3) is 5.65 Å². The summed E-state index contributed by atoms with van der Waals surface area (Å²) in [7, 11) is 0. The monoisotopic (exact) mass is 378 g/mol. The number of aromatic carboxylic acids is 1. The van der Waals surface area contributed by atoms with E-state index >= 15 is 0 Å². The minimum absolute atomic E-state index is 0.0303. The molecule has 1 saturated heterocycles. The van der Waals surface area contributed by atoms with Crippen molar-refractivity contribution in [3.63, 3.8) is 0 Å². The van der Waals surface area contributed by atoms with Crippen molar-refractivity contribution in [3.05, 3.63) is 65.1 Å². The Labute approximate surface area is 162 Å². The highest BCUT2D eigenvalue weighted by Gasteiger charge is 2.27. The van der Waals surface area contributed by atoms with Gasteiger partial charge in [-0.05, 0) is 55.4 Å². The number of hydrogen-bond acceptors (Lipinski definition) is 4. The molecule has 2 aromatic heterocycles. The summed E-state index contributed by atoms with van der Waals surface area (Å²) in [5, 5.41) is 13.3. The average Bonchev–Trinajstić information content (AvgIpc) is 3.11. The number of carbonyl (C=O) groups excluding carboxylic acids is 1. The maximum atomic E-state index is 13.0. The second-order valence-electron chi connectivity index (χ2n) is 7.42. The Kier molecular flexibility index (Phi) is 4.81. The number of carbonyl (C=O) groups is 2. The Balaban J connectivity index is 1.47. The highest BCUT2D eigenvalue weighted by Crippen LogP contribution is 2.23. The van der Waals surface area contributed by atoms with E-state index in [2.05, 4.69) is 10.1 Å². The molecule has 4 rings (SSSR count). The first-order valence-electron chi connectivity index (χ1n) is 9.43. The van der Waals surface area contributed by atoms with E-state index in [0.717, 1.165) is 36.9 Å². The average molecular weight is 378 g/mol. The predicted molar refractivity (Wildman–Crippen MR) is 103 cm³/mol. The minimum atomic E-state index is -0.918. The number of carboxylic acids is 1. The van der Waals surface area contributed by atoms with Crippen molar-refractivity contribution < 1.29 is 14.7 Å². The van der Waals surface area contributed by atoms with Gasteiger partial charge in [0.25, 0.3) is 5.91 Å². The van der Waals surface area contributed by atoms with Gasteiger partial charge in [-0.3, -0.25) is 4.79 Å². The number of carboxylic acid groups (broad SMARTS) is 1. The Morgan fingerprint density at radius 1 is 1.21 bits per heavy atom. The van der Waals surface area contributed by atoms with E-state index in [1.165, 1.54) is 0 Å². The third-order valence-electron chi connectivity index (χ3n) is 5.25. The van der Waals surface area contributed by atoms with Crippen molar-refractivity contribution in [1.82, 2.24) is 19.5 Å². The lowest BCUT2D eigenvalue weighted by molar-refractivity contribution is 0.0671. The molecule has 1 atom stereocenters. The molecule has 1 fully saturated rings. The zero-order valence-electron chi connectivity index (χ0n) is 15.7.